The number of hydrogen-bond acceptors (Lipinski definition) is 3. The average molecular weight is 454 g/mol. The summed E-state index contributed by atoms with van der Waals surface area (Å²) < 4.78 is 39.4. The molecule has 1 heterocycles. The van der Waals surface area contributed by atoms with E-state index >= 15 is 0 Å². The lowest BCUT2D eigenvalue weighted by Crippen LogP contribution is -2.11. The Morgan fingerprint density at radius 3 is 2.09 bits per heavy atom. The first-order chi connectivity index (χ1) is 15.0. The van der Waals surface area contributed by atoms with Crippen molar-refractivity contribution in [2.75, 3.05) is 0 Å². The second-order valence-electron chi connectivity index (χ2n) is 8.65. The van der Waals surface area contributed by atoms with Gasteiger partial charge in [-0.3, -0.25) is 0 Å². The largest absolute Gasteiger partial charge is 0.507 e. The van der Waals surface area contributed by atoms with Crippen LogP contribution in [0.15, 0.2) is 72.1 Å². The molecule has 0 aliphatic heterocycles. The Kier molecular flexibility index (Phi) is 5.59. The van der Waals surface area contributed by atoms with E-state index in [9.17, 15) is 18.3 Å². The molecule has 1 N–H and O–H groups in total. The van der Waals surface area contributed by atoms with Crippen LogP contribution in [0, 0.1) is 0 Å². The van der Waals surface area contributed by atoms with Crippen LogP contribution >= 0.6 is 11.3 Å². The van der Waals surface area contributed by atoms with Crippen LogP contribution in [0.4, 0.5) is 13.2 Å². The number of aromatic nitrogens is 1. The van der Waals surface area contributed by atoms with Gasteiger partial charge in [-0.1, -0.05) is 63.2 Å². The molecule has 0 atom stereocenters. The fourth-order valence-electron chi connectivity index (χ4n) is 3.45. The first-order valence-electron chi connectivity index (χ1n) is 10.1. The predicted molar refractivity (Wildman–Crippen MR) is 124 cm³/mol. The first kappa shape index (κ1) is 22.1. The molecule has 0 spiro atoms. The van der Waals surface area contributed by atoms with Gasteiger partial charge in [0.15, 0.2) is 0 Å². The quantitative estimate of drug-likeness (QED) is 0.339. The lowest BCUT2D eigenvalue weighted by atomic mass is 9.83. The molecule has 6 heteroatoms. The van der Waals surface area contributed by atoms with Gasteiger partial charge in [0.2, 0.25) is 0 Å². The minimum atomic E-state index is -4.42. The molecular formula is C26H22F3NOS. The van der Waals surface area contributed by atoms with Crippen LogP contribution in [-0.4, -0.2) is 10.1 Å². The number of halogens is 3. The molecule has 4 aromatic rings. The predicted octanol–water partition coefficient (Wildman–Crippen LogP) is 8.17. The molecule has 0 saturated carbocycles. The summed E-state index contributed by atoms with van der Waals surface area (Å²) in [5.41, 5.74) is 3.12. The van der Waals surface area contributed by atoms with Crippen LogP contribution < -0.4 is 0 Å². The number of benzene rings is 3. The molecule has 0 unspecified atom stereocenters. The van der Waals surface area contributed by atoms with Gasteiger partial charge in [-0.15, -0.1) is 11.3 Å². The maximum absolute atomic E-state index is 13.1. The monoisotopic (exact) mass is 453 g/mol. The van der Waals surface area contributed by atoms with Gasteiger partial charge in [-0.25, -0.2) is 4.98 Å². The van der Waals surface area contributed by atoms with Gasteiger partial charge in [0.25, 0.3) is 0 Å². The molecule has 0 radical (unpaired) electrons. The zero-order valence-corrected chi connectivity index (χ0v) is 18.7. The van der Waals surface area contributed by atoms with E-state index in [2.05, 4.69) is 25.8 Å². The van der Waals surface area contributed by atoms with E-state index in [1.807, 2.05) is 42.5 Å². The number of aromatic hydroxyl groups is 1. The number of phenolic OH excluding ortho intramolecular Hbond substituents is 1. The maximum atomic E-state index is 13.1. The molecule has 0 bridgehead atoms. The Hall–Kier alpha value is -3.12. The minimum absolute atomic E-state index is 0.106. The average Bonchev–Trinajstić information content (AvgIpc) is 3.23. The molecular weight excluding hydrogens is 431 g/mol. The van der Waals surface area contributed by atoms with Gasteiger partial charge in [-0.05, 0) is 40.8 Å². The van der Waals surface area contributed by atoms with Gasteiger partial charge < -0.3 is 5.11 Å². The zero-order chi connectivity index (χ0) is 23.1. The van der Waals surface area contributed by atoms with Crippen molar-refractivity contribution in [3.8, 4) is 38.7 Å². The Bertz CT molecular complexity index is 1250. The number of phenols is 1. The van der Waals surface area contributed by atoms with Crippen LogP contribution in [-0.2, 0) is 11.6 Å². The summed E-state index contributed by atoms with van der Waals surface area (Å²) >= 11 is 1.30. The van der Waals surface area contributed by atoms with E-state index in [4.69, 9.17) is 0 Å². The van der Waals surface area contributed by atoms with Crippen molar-refractivity contribution in [1.82, 2.24) is 4.98 Å². The van der Waals surface area contributed by atoms with Gasteiger partial charge >= 0.3 is 6.18 Å². The Balaban J connectivity index is 1.84. The van der Waals surface area contributed by atoms with Crippen LogP contribution in [0.5, 0.6) is 5.75 Å². The summed E-state index contributed by atoms with van der Waals surface area (Å²) in [6, 6.07) is 18.6. The zero-order valence-electron chi connectivity index (χ0n) is 17.9. The van der Waals surface area contributed by atoms with Gasteiger partial charge in [0, 0.05) is 16.5 Å². The second-order valence-corrected chi connectivity index (χ2v) is 9.51. The van der Waals surface area contributed by atoms with Crippen molar-refractivity contribution >= 4 is 11.3 Å². The minimum Gasteiger partial charge on any atom is -0.507 e. The molecule has 3 aromatic carbocycles. The highest BCUT2D eigenvalue weighted by Gasteiger charge is 2.30. The number of hydrogen-bond donors (Lipinski definition) is 1. The highest BCUT2D eigenvalue weighted by molar-refractivity contribution is 7.13. The summed E-state index contributed by atoms with van der Waals surface area (Å²) in [5.74, 6) is 0.106. The van der Waals surface area contributed by atoms with Crippen LogP contribution in [0.25, 0.3) is 33.0 Å². The molecule has 0 amide bonds. The fourth-order valence-corrected chi connectivity index (χ4v) is 4.30. The Morgan fingerprint density at radius 2 is 1.44 bits per heavy atom. The van der Waals surface area contributed by atoms with Gasteiger partial charge in [0.1, 0.15) is 10.8 Å². The van der Waals surface area contributed by atoms with E-state index in [1.165, 1.54) is 17.4 Å². The summed E-state index contributed by atoms with van der Waals surface area (Å²) in [4.78, 5) is 4.58. The third-order valence-corrected chi connectivity index (χ3v) is 6.16. The van der Waals surface area contributed by atoms with Crippen molar-refractivity contribution in [3.63, 3.8) is 0 Å². The molecule has 4 rings (SSSR count). The van der Waals surface area contributed by atoms with E-state index in [0.717, 1.165) is 23.3 Å². The second kappa shape index (κ2) is 8.10. The molecule has 164 valence electrons. The number of thiazole rings is 1. The van der Waals surface area contributed by atoms with Crippen LogP contribution in [0.1, 0.15) is 31.9 Å². The normalized spacial score (nSPS) is 12.2. The van der Waals surface area contributed by atoms with Crippen molar-refractivity contribution < 1.29 is 18.3 Å². The smallest absolute Gasteiger partial charge is 0.416 e. The van der Waals surface area contributed by atoms with Crippen molar-refractivity contribution in [2.24, 2.45) is 0 Å². The summed E-state index contributed by atoms with van der Waals surface area (Å²) in [5, 5.41) is 13.4. The molecule has 32 heavy (non-hydrogen) atoms. The fraction of sp³-hybridized carbons (Fsp3) is 0.192. The van der Waals surface area contributed by atoms with E-state index in [-0.39, 0.29) is 11.2 Å². The number of alkyl halides is 3. The third kappa shape index (κ3) is 4.41. The molecule has 0 fully saturated rings. The molecule has 2 nitrogen and oxygen atoms in total. The number of nitrogens with zero attached hydrogens (tertiary/aromatic N) is 1. The van der Waals surface area contributed by atoms with Crippen molar-refractivity contribution in [2.45, 2.75) is 32.4 Å². The van der Waals surface area contributed by atoms with Crippen LogP contribution in [0.2, 0.25) is 0 Å². The van der Waals surface area contributed by atoms with Crippen LogP contribution in [0.3, 0.4) is 0 Å². The Morgan fingerprint density at radius 1 is 0.781 bits per heavy atom. The molecule has 1 aromatic heterocycles. The first-order valence-corrected chi connectivity index (χ1v) is 11.0. The lowest BCUT2D eigenvalue weighted by Gasteiger charge is -2.22. The van der Waals surface area contributed by atoms with E-state index in [1.54, 1.807) is 11.4 Å². The third-order valence-electron chi connectivity index (χ3n) is 5.28. The van der Waals surface area contributed by atoms with Gasteiger partial charge in [-0.2, -0.15) is 13.2 Å². The van der Waals surface area contributed by atoms with Gasteiger partial charge in [0.05, 0.1) is 16.8 Å². The van der Waals surface area contributed by atoms with E-state index < -0.39 is 11.7 Å². The summed E-state index contributed by atoms with van der Waals surface area (Å²) in [6.45, 7) is 6.27. The van der Waals surface area contributed by atoms with Crippen molar-refractivity contribution in [3.05, 3.63) is 83.2 Å². The maximum Gasteiger partial charge on any atom is 0.416 e. The molecule has 0 aliphatic carbocycles. The standard InChI is InChI=1S/C26H22F3NOS/c1-25(2,3)19-13-20(16-8-5-4-6-9-16)23(31)21(14-19)24-30-22(15-32-24)17-10-7-11-18(12-17)26(27,28)29/h4-15,31H,1-3H3. The molecule has 0 saturated heterocycles. The van der Waals surface area contributed by atoms with Crippen molar-refractivity contribution in [1.29, 1.82) is 0 Å². The highest BCUT2D eigenvalue weighted by Crippen LogP contribution is 2.43. The summed E-state index contributed by atoms with van der Waals surface area (Å²) in [7, 11) is 0. The lowest BCUT2D eigenvalue weighted by molar-refractivity contribution is -0.137. The Labute approximate surface area is 189 Å². The molecule has 0 aliphatic rings. The summed E-state index contributed by atoms with van der Waals surface area (Å²) in [6.07, 6.45) is -4.42. The highest BCUT2D eigenvalue weighted by atomic mass is 32.1. The SMILES string of the molecule is CC(C)(C)c1cc(-c2ccccc2)c(O)c(-c2nc(-c3cccc(C(F)(F)F)c3)cs2)c1. The number of rotatable bonds is 3. The van der Waals surface area contributed by atoms with E-state index in [0.29, 0.717) is 27.4 Å². The topological polar surface area (TPSA) is 33.1 Å².